The van der Waals surface area contributed by atoms with Crippen LogP contribution in [0.15, 0.2) is 10.9 Å². The lowest BCUT2D eigenvalue weighted by atomic mass is 9.92. The molecular weight excluding hydrogens is 232 g/mol. The van der Waals surface area contributed by atoms with Crippen molar-refractivity contribution < 1.29 is 18.3 Å². The van der Waals surface area contributed by atoms with E-state index in [-0.39, 0.29) is 18.4 Å². The summed E-state index contributed by atoms with van der Waals surface area (Å²) in [6, 6.07) is 1.20. The fourth-order valence-corrected chi connectivity index (χ4v) is 1.93. The first kappa shape index (κ1) is 11.8. The molecule has 2 rings (SSSR count). The highest BCUT2D eigenvalue weighted by molar-refractivity contribution is 5.89. The number of ether oxygens (including phenoxy) is 1. The highest BCUT2D eigenvalue weighted by Gasteiger charge is 2.35. The molecule has 0 saturated carbocycles. The maximum atomic E-state index is 13.2. The second-order valence-corrected chi connectivity index (χ2v) is 4.04. The third-order valence-corrected chi connectivity index (χ3v) is 2.81. The van der Waals surface area contributed by atoms with Gasteiger partial charge in [-0.2, -0.15) is 0 Å². The molecule has 0 aromatic carbocycles. The van der Waals surface area contributed by atoms with Gasteiger partial charge < -0.3 is 9.72 Å². The van der Waals surface area contributed by atoms with E-state index in [2.05, 4.69) is 9.72 Å². The minimum Gasteiger partial charge on any atom is -0.465 e. The molecule has 0 fully saturated rings. The number of halogens is 2. The minimum absolute atomic E-state index is 0.110. The van der Waals surface area contributed by atoms with Crippen LogP contribution in [0.4, 0.5) is 8.78 Å². The molecule has 1 aliphatic carbocycles. The third kappa shape index (κ3) is 2.20. The molecular formula is C11H11F2NO3. The first-order valence-electron chi connectivity index (χ1n) is 5.14. The van der Waals surface area contributed by atoms with Crippen molar-refractivity contribution in [3.05, 3.63) is 33.2 Å². The smallest absolute Gasteiger partial charge is 0.343 e. The number of fused-ring (bicyclic) bond motifs is 1. The molecule has 0 atom stereocenters. The average molecular weight is 243 g/mol. The van der Waals surface area contributed by atoms with Crippen molar-refractivity contribution in [2.45, 2.75) is 25.2 Å². The Balaban J connectivity index is 2.48. The molecule has 1 N–H and O–H groups in total. The number of aryl methyl sites for hydroxylation is 1. The SMILES string of the molecule is COC(=O)c1cc2c([nH]c1=O)CCC(F)(F)C2. The standard InChI is InChI=1S/C11H11F2NO3/c1-17-10(16)7-4-6-5-11(12,13)3-2-8(6)14-9(7)15/h4H,2-3,5H2,1H3,(H,14,15). The van der Waals surface area contributed by atoms with Crippen LogP contribution in [0.25, 0.3) is 0 Å². The summed E-state index contributed by atoms with van der Waals surface area (Å²) in [5.74, 6) is -3.60. The number of methoxy groups -OCH3 is 1. The summed E-state index contributed by atoms with van der Waals surface area (Å²) in [5, 5.41) is 0. The number of hydrogen-bond donors (Lipinski definition) is 1. The van der Waals surface area contributed by atoms with Crippen LogP contribution in [0.3, 0.4) is 0 Å². The number of aromatic amines is 1. The molecule has 17 heavy (non-hydrogen) atoms. The molecule has 92 valence electrons. The predicted molar refractivity (Wildman–Crippen MR) is 55.4 cm³/mol. The Labute approximate surface area is 95.6 Å². The van der Waals surface area contributed by atoms with E-state index in [1.54, 1.807) is 0 Å². The van der Waals surface area contributed by atoms with E-state index in [0.29, 0.717) is 11.3 Å². The zero-order valence-electron chi connectivity index (χ0n) is 9.18. The van der Waals surface area contributed by atoms with Crippen LogP contribution in [-0.2, 0) is 17.6 Å². The highest BCUT2D eigenvalue weighted by Crippen LogP contribution is 2.31. The van der Waals surface area contributed by atoms with Crippen molar-refractivity contribution in [3.63, 3.8) is 0 Å². The number of esters is 1. The van der Waals surface area contributed by atoms with E-state index in [0.717, 1.165) is 7.11 Å². The summed E-state index contributed by atoms with van der Waals surface area (Å²) in [6.07, 6.45) is -0.629. The van der Waals surface area contributed by atoms with E-state index in [1.165, 1.54) is 6.07 Å². The van der Waals surface area contributed by atoms with Gasteiger partial charge in [-0.05, 0) is 18.1 Å². The minimum atomic E-state index is -2.78. The Morgan fingerprint density at radius 2 is 2.24 bits per heavy atom. The molecule has 1 aliphatic rings. The number of alkyl halides is 2. The molecule has 0 bridgehead atoms. The lowest BCUT2D eigenvalue weighted by Crippen LogP contribution is -2.30. The molecule has 0 amide bonds. The van der Waals surface area contributed by atoms with Crippen molar-refractivity contribution in [3.8, 4) is 0 Å². The van der Waals surface area contributed by atoms with Crippen molar-refractivity contribution in [1.29, 1.82) is 0 Å². The predicted octanol–water partition coefficient (Wildman–Crippen LogP) is 1.29. The van der Waals surface area contributed by atoms with Crippen LogP contribution in [0.5, 0.6) is 0 Å². The zero-order valence-corrected chi connectivity index (χ0v) is 9.18. The molecule has 0 saturated heterocycles. The molecule has 6 heteroatoms. The highest BCUT2D eigenvalue weighted by atomic mass is 19.3. The third-order valence-electron chi connectivity index (χ3n) is 2.81. The molecule has 0 unspecified atom stereocenters. The van der Waals surface area contributed by atoms with Crippen LogP contribution in [0.1, 0.15) is 28.0 Å². The molecule has 4 nitrogen and oxygen atoms in total. The van der Waals surface area contributed by atoms with E-state index < -0.39 is 23.9 Å². The summed E-state index contributed by atoms with van der Waals surface area (Å²) in [6.45, 7) is 0. The molecule has 1 aromatic heterocycles. The van der Waals surface area contributed by atoms with Crippen LogP contribution in [0, 0.1) is 0 Å². The molecule has 0 radical (unpaired) electrons. The van der Waals surface area contributed by atoms with E-state index in [1.807, 2.05) is 0 Å². The Hall–Kier alpha value is -1.72. The number of aromatic nitrogens is 1. The van der Waals surface area contributed by atoms with Crippen molar-refractivity contribution in [2.75, 3.05) is 7.11 Å². The molecule has 1 heterocycles. The van der Waals surface area contributed by atoms with E-state index >= 15 is 0 Å². The van der Waals surface area contributed by atoms with Crippen molar-refractivity contribution in [2.24, 2.45) is 0 Å². The summed E-state index contributed by atoms with van der Waals surface area (Å²) >= 11 is 0. The van der Waals surface area contributed by atoms with Gasteiger partial charge in [0.05, 0.1) is 7.11 Å². The number of carbonyl (C=O) groups excluding carboxylic acids is 1. The number of H-pyrrole nitrogens is 1. The van der Waals surface area contributed by atoms with E-state index in [9.17, 15) is 18.4 Å². The van der Waals surface area contributed by atoms with Crippen LogP contribution < -0.4 is 5.56 Å². The number of rotatable bonds is 1. The van der Waals surface area contributed by atoms with Gasteiger partial charge in [0.15, 0.2) is 0 Å². The molecule has 0 aliphatic heterocycles. The summed E-state index contributed by atoms with van der Waals surface area (Å²) in [5.41, 5.74) is -0.0420. The summed E-state index contributed by atoms with van der Waals surface area (Å²) < 4.78 is 30.8. The average Bonchev–Trinajstić information content (AvgIpc) is 2.27. The maximum Gasteiger partial charge on any atom is 0.343 e. The largest absolute Gasteiger partial charge is 0.465 e. The normalized spacial score (nSPS) is 17.4. The Kier molecular flexibility index (Phi) is 2.73. The van der Waals surface area contributed by atoms with E-state index in [4.69, 9.17) is 0 Å². The van der Waals surface area contributed by atoms with Gasteiger partial charge in [-0.3, -0.25) is 4.79 Å². The monoisotopic (exact) mass is 243 g/mol. The Bertz CT molecular complexity index is 522. The van der Waals surface area contributed by atoms with Crippen LogP contribution in [-0.4, -0.2) is 24.0 Å². The maximum absolute atomic E-state index is 13.2. The van der Waals surface area contributed by atoms with Crippen LogP contribution >= 0.6 is 0 Å². The molecule has 1 aromatic rings. The lowest BCUT2D eigenvalue weighted by Gasteiger charge is -2.23. The van der Waals surface area contributed by atoms with Gasteiger partial charge in [0, 0.05) is 18.5 Å². The van der Waals surface area contributed by atoms with Crippen LogP contribution in [0.2, 0.25) is 0 Å². The fourth-order valence-electron chi connectivity index (χ4n) is 1.93. The summed E-state index contributed by atoms with van der Waals surface area (Å²) in [4.78, 5) is 25.2. The number of hydrogen-bond acceptors (Lipinski definition) is 3. The van der Waals surface area contributed by atoms with Gasteiger partial charge in [0.1, 0.15) is 5.56 Å². The molecule has 0 spiro atoms. The number of nitrogens with one attached hydrogen (secondary N) is 1. The van der Waals surface area contributed by atoms with Gasteiger partial charge in [-0.1, -0.05) is 0 Å². The van der Waals surface area contributed by atoms with Crippen molar-refractivity contribution >= 4 is 5.97 Å². The number of carbonyl (C=O) groups is 1. The fraction of sp³-hybridized carbons (Fsp3) is 0.455. The van der Waals surface area contributed by atoms with Gasteiger partial charge >= 0.3 is 5.97 Å². The first-order valence-corrected chi connectivity index (χ1v) is 5.14. The second kappa shape index (κ2) is 3.94. The van der Waals surface area contributed by atoms with Gasteiger partial charge in [-0.15, -0.1) is 0 Å². The van der Waals surface area contributed by atoms with Crippen molar-refractivity contribution in [1.82, 2.24) is 4.98 Å². The summed E-state index contributed by atoms with van der Waals surface area (Å²) in [7, 11) is 1.13. The number of pyridine rings is 1. The second-order valence-electron chi connectivity index (χ2n) is 4.04. The Morgan fingerprint density at radius 1 is 1.53 bits per heavy atom. The zero-order chi connectivity index (χ0) is 12.6. The van der Waals surface area contributed by atoms with Gasteiger partial charge in [0.25, 0.3) is 11.5 Å². The quantitative estimate of drug-likeness (QED) is 0.756. The first-order chi connectivity index (χ1) is 7.93. The Morgan fingerprint density at radius 3 is 2.88 bits per heavy atom. The lowest BCUT2D eigenvalue weighted by molar-refractivity contribution is -0.0129. The van der Waals surface area contributed by atoms with Gasteiger partial charge in [-0.25, -0.2) is 13.6 Å². The van der Waals surface area contributed by atoms with Gasteiger partial charge in [0.2, 0.25) is 0 Å². The topological polar surface area (TPSA) is 59.2 Å².